The number of halogens is 4. The molecule has 1 aliphatic rings. The minimum atomic E-state index is -2.74. The Kier molecular flexibility index (Phi) is 7.67. The number of urea groups is 1. The van der Waals surface area contributed by atoms with Crippen LogP contribution in [0.3, 0.4) is 0 Å². The van der Waals surface area contributed by atoms with Crippen LogP contribution in [0.15, 0.2) is 54.6 Å². The van der Waals surface area contributed by atoms with Crippen molar-refractivity contribution in [2.45, 2.75) is 18.9 Å². The molecule has 1 aliphatic heterocycles. The van der Waals surface area contributed by atoms with E-state index < -0.39 is 48.3 Å². The van der Waals surface area contributed by atoms with Gasteiger partial charge in [-0.1, -0.05) is 35.9 Å². The van der Waals surface area contributed by atoms with Crippen LogP contribution in [0, 0.1) is 17.5 Å². The average Bonchev–Trinajstić information content (AvgIpc) is 2.82. The number of nitrogens with zero attached hydrogens (tertiary/aromatic N) is 1. The molecule has 0 spiro atoms. The van der Waals surface area contributed by atoms with Gasteiger partial charge in [-0.15, -0.1) is 0 Å². The third-order valence-electron chi connectivity index (χ3n) is 6.01. The second-order valence-corrected chi connectivity index (χ2v) is 12.7. The van der Waals surface area contributed by atoms with Gasteiger partial charge in [-0.3, -0.25) is 4.79 Å². The monoisotopic (exact) mass is 549 g/mol. The molecule has 1 fully saturated rings. The summed E-state index contributed by atoms with van der Waals surface area (Å²) >= 11 is 5.71. The molecule has 2 N–H and O–H groups in total. The van der Waals surface area contributed by atoms with Gasteiger partial charge in [-0.25, -0.2) is 18.0 Å². The maximum absolute atomic E-state index is 15.3. The van der Waals surface area contributed by atoms with Crippen molar-refractivity contribution in [3.63, 3.8) is 0 Å². The zero-order valence-corrected chi connectivity index (χ0v) is 21.7. The van der Waals surface area contributed by atoms with Gasteiger partial charge >= 0.3 is 6.03 Å². The minimum Gasteiger partial charge on any atom is -0.326 e. The topological polar surface area (TPSA) is 78.5 Å². The summed E-state index contributed by atoms with van der Waals surface area (Å²) in [4.78, 5) is 26.4. The Balaban J connectivity index is 1.56. The van der Waals surface area contributed by atoms with Gasteiger partial charge in [0.05, 0.1) is 5.69 Å². The van der Waals surface area contributed by atoms with Crippen molar-refractivity contribution in [2.75, 3.05) is 30.1 Å². The van der Waals surface area contributed by atoms with Crippen LogP contribution in [0.1, 0.15) is 12.8 Å². The van der Waals surface area contributed by atoms with E-state index in [0.717, 1.165) is 23.1 Å². The number of carbonyl (C=O) groups excluding carboxylic acids is 2. The van der Waals surface area contributed by atoms with Gasteiger partial charge in [0.25, 0.3) is 0 Å². The summed E-state index contributed by atoms with van der Waals surface area (Å²) in [5, 5.41) is 5.38. The molecule has 37 heavy (non-hydrogen) atoms. The highest BCUT2D eigenvalue weighted by molar-refractivity contribution is 7.70. The van der Waals surface area contributed by atoms with Crippen molar-refractivity contribution < 1.29 is 27.3 Å². The Morgan fingerprint density at radius 2 is 1.70 bits per heavy atom. The lowest BCUT2D eigenvalue weighted by Gasteiger charge is -2.33. The Morgan fingerprint density at radius 3 is 2.35 bits per heavy atom. The zero-order chi connectivity index (χ0) is 26.9. The number of nitrogens with one attached hydrogen (secondary N) is 2. The Bertz CT molecular complexity index is 1410. The van der Waals surface area contributed by atoms with Gasteiger partial charge in [-0.2, -0.15) is 0 Å². The van der Waals surface area contributed by atoms with E-state index in [9.17, 15) is 18.5 Å². The summed E-state index contributed by atoms with van der Waals surface area (Å²) in [5.41, 5.74) is -0.0330. The predicted molar refractivity (Wildman–Crippen MR) is 140 cm³/mol. The van der Waals surface area contributed by atoms with E-state index in [0.29, 0.717) is 17.3 Å². The highest BCUT2D eigenvalue weighted by atomic mass is 35.5. The number of benzene rings is 3. The van der Waals surface area contributed by atoms with E-state index in [4.69, 9.17) is 11.6 Å². The fraction of sp³-hybridized carbons (Fsp3) is 0.231. The van der Waals surface area contributed by atoms with Crippen molar-refractivity contribution >= 4 is 47.4 Å². The van der Waals surface area contributed by atoms with Gasteiger partial charge in [0.15, 0.2) is 11.6 Å². The molecule has 0 aliphatic carbocycles. The molecule has 1 atom stereocenters. The normalized spacial score (nSPS) is 16.0. The van der Waals surface area contributed by atoms with E-state index >= 15 is 8.78 Å². The molecule has 0 saturated carbocycles. The van der Waals surface area contributed by atoms with E-state index in [1.807, 2.05) is 0 Å². The third-order valence-corrected chi connectivity index (χ3v) is 7.79. The second-order valence-electron chi connectivity index (χ2n) is 9.06. The lowest BCUT2D eigenvalue weighted by molar-refractivity contribution is -0.121. The van der Waals surface area contributed by atoms with Crippen molar-refractivity contribution in [3.05, 3.63) is 77.1 Å². The molecule has 0 bridgehead atoms. The van der Waals surface area contributed by atoms with Gasteiger partial charge in [0, 0.05) is 16.9 Å². The molecular weight excluding hydrogens is 526 g/mol. The van der Waals surface area contributed by atoms with Crippen molar-refractivity contribution in [3.8, 4) is 11.1 Å². The molecule has 4 rings (SSSR count). The molecule has 0 radical (unpaired) electrons. The smallest absolute Gasteiger partial charge is 0.319 e. The largest absolute Gasteiger partial charge is 0.326 e. The molecule has 3 aromatic rings. The lowest BCUT2D eigenvalue weighted by Crippen LogP contribution is -2.53. The fourth-order valence-corrected chi connectivity index (χ4v) is 5.69. The van der Waals surface area contributed by atoms with E-state index in [1.165, 1.54) is 12.1 Å². The molecular formula is C26H24ClF3N3O3P. The van der Waals surface area contributed by atoms with Crippen LogP contribution in [0.4, 0.5) is 29.3 Å². The number of hydrogen-bond donors (Lipinski definition) is 2. The fourth-order valence-electron chi connectivity index (χ4n) is 4.30. The summed E-state index contributed by atoms with van der Waals surface area (Å²) in [5.74, 6) is -3.38. The van der Waals surface area contributed by atoms with Crippen molar-refractivity contribution in [1.82, 2.24) is 5.32 Å². The van der Waals surface area contributed by atoms with Gasteiger partial charge in [0.1, 0.15) is 24.7 Å². The van der Waals surface area contributed by atoms with Crippen molar-refractivity contribution in [2.24, 2.45) is 0 Å². The highest BCUT2D eigenvalue weighted by Crippen LogP contribution is 2.40. The number of rotatable bonds is 5. The van der Waals surface area contributed by atoms with E-state index in [-0.39, 0.29) is 29.2 Å². The van der Waals surface area contributed by atoms with Crippen LogP contribution in [0.5, 0.6) is 0 Å². The second kappa shape index (κ2) is 10.6. The maximum atomic E-state index is 15.3. The zero-order valence-electron chi connectivity index (χ0n) is 20.0. The van der Waals surface area contributed by atoms with E-state index in [1.54, 1.807) is 37.6 Å². The minimum absolute atomic E-state index is 0.0489. The van der Waals surface area contributed by atoms with E-state index in [2.05, 4.69) is 10.6 Å². The number of amides is 3. The summed E-state index contributed by atoms with van der Waals surface area (Å²) in [7, 11) is -2.74. The first-order valence-electron chi connectivity index (χ1n) is 11.4. The third kappa shape index (κ3) is 5.84. The van der Waals surface area contributed by atoms with Crippen LogP contribution in [0.25, 0.3) is 11.1 Å². The lowest BCUT2D eigenvalue weighted by atomic mass is 10.0. The summed E-state index contributed by atoms with van der Waals surface area (Å²) in [6.45, 7) is 3.20. The maximum Gasteiger partial charge on any atom is 0.319 e. The summed E-state index contributed by atoms with van der Waals surface area (Å²) < 4.78 is 57.3. The standard InChI is InChI=1S/C26H24ClF3N3O3P/c1-37(2,36)23-8-4-3-6-17(23)15-12-19(29)24(20(30)13-15)33-11-5-7-22(25(33)34)32-26(35)31-21-10-9-16(27)14-18(21)28/h3-4,6,8-10,12-14,22H,5,7,11H2,1-2H3,(H2,31,32,35). The number of carbonyl (C=O) groups is 2. The molecule has 1 unspecified atom stereocenters. The first-order valence-corrected chi connectivity index (χ1v) is 14.4. The molecule has 0 aromatic heterocycles. The van der Waals surface area contributed by atoms with Crippen LogP contribution >= 0.6 is 18.7 Å². The number of piperidine rings is 1. The molecule has 11 heteroatoms. The van der Waals surface area contributed by atoms with Crippen LogP contribution in [-0.2, 0) is 9.36 Å². The molecule has 1 heterocycles. The average molecular weight is 550 g/mol. The summed E-state index contributed by atoms with van der Waals surface area (Å²) in [6.07, 6.45) is 0.604. The Labute approximate surface area is 217 Å². The SMILES string of the molecule is CP(C)(=O)c1ccccc1-c1cc(F)c(N2CCCC(NC(=O)Nc3ccc(Cl)cc3F)C2=O)c(F)c1. The Hall–Kier alpha value is -3.29. The Morgan fingerprint density at radius 1 is 1.03 bits per heavy atom. The van der Waals surface area contributed by atoms with Crippen LogP contribution < -0.4 is 20.8 Å². The van der Waals surface area contributed by atoms with Gasteiger partial charge in [0.2, 0.25) is 5.91 Å². The van der Waals surface area contributed by atoms with Crippen molar-refractivity contribution in [1.29, 1.82) is 0 Å². The molecule has 3 aromatic carbocycles. The van der Waals surface area contributed by atoms with Gasteiger partial charge < -0.3 is 20.1 Å². The quantitative estimate of drug-likeness (QED) is 0.384. The first-order chi connectivity index (χ1) is 17.5. The molecule has 194 valence electrons. The number of anilines is 2. The first kappa shape index (κ1) is 26.8. The summed E-state index contributed by atoms with van der Waals surface area (Å²) in [6, 6.07) is 10.7. The number of hydrogen-bond acceptors (Lipinski definition) is 3. The molecule has 1 saturated heterocycles. The predicted octanol–water partition coefficient (Wildman–Crippen LogP) is 5.99. The van der Waals surface area contributed by atoms with Gasteiger partial charge in [-0.05, 0) is 67.6 Å². The highest BCUT2D eigenvalue weighted by Gasteiger charge is 2.34. The molecule has 3 amide bonds. The van der Waals surface area contributed by atoms with Crippen LogP contribution in [-0.4, -0.2) is 37.9 Å². The molecule has 6 nitrogen and oxygen atoms in total. The van der Waals surface area contributed by atoms with Crippen LogP contribution in [0.2, 0.25) is 5.02 Å².